The highest BCUT2D eigenvalue weighted by atomic mass is 32.2. The Morgan fingerprint density at radius 1 is 1.53 bits per heavy atom. The maximum Gasteiger partial charge on any atom is 0.212 e. The van der Waals surface area contributed by atoms with E-state index in [4.69, 9.17) is 0 Å². The van der Waals surface area contributed by atoms with Crippen molar-refractivity contribution in [1.29, 1.82) is 0 Å². The van der Waals surface area contributed by atoms with Gasteiger partial charge in [-0.05, 0) is 37.3 Å². The second-order valence-corrected chi connectivity index (χ2v) is 7.25. The van der Waals surface area contributed by atoms with Crippen LogP contribution in [0.5, 0.6) is 0 Å². The molecule has 96 valence electrons. The van der Waals surface area contributed by atoms with Gasteiger partial charge >= 0.3 is 0 Å². The van der Waals surface area contributed by atoms with E-state index in [1.807, 2.05) is 17.5 Å². The summed E-state index contributed by atoms with van der Waals surface area (Å²) in [5, 5.41) is 5.24. The molecule has 0 aliphatic carbocycles. The Morgan fingerprint density at radius 2 is 2.41 bits per heavy atom. The van der Waals surface area contributed by atoms with Gasteiger partial charge in [-0.2, -0.15) is 0 Å². The lowest BCUT2D eigenvalue weighted by molar-refractivity contribution is 0.551. The Kier molecular flexibility index (Phi) is 4.55. The first kappa shape index (κ1) is 13.0. The first-order valence-corrected chi connectivity index (χ1v) is 8.42. The minimum atomic E-state index is -3.13. The third-order valence-electron chi connectivity index (χ3n) is 2.91. The molecular weight excluding hydrogens is 256 g/mol. The molecule has 17 heavy (non-hydrogen) atoms. The van der Waals surface area contributed by atoms with Crippen molar-refractivity contribution in [3.05, 3.63) is 22.4 Å². The van der Waals surface area contributed by atoms with E-state index in [1.54, 1.807) is 11.3 Å². The van der Waals surface area contributed by atoms with Gasteiger partial charge in [0.05, 0.1) is 5.75 Å². The molecule has 4 nitrogen and oxygen atoms in total. The van der Waals surface area contributed by atoms with Crippen LogP contribution in [0.4, 0.5) is 0 Å². The van der Waals surface area contributed by atoms with Gasteiger partial charge in [0.15, 0.2) is 0 Å². The Bertz CT molecular complexity index is 422. The molecule has 1 aliphatic rings. The molecule has 1 atom stereocenters. The molecular formula is C11H18N2O2S2. The van der Waals surface area contributed by atoms with E-state index < -0.39 is 10.0 Å². The lowest BCUT2D eigenvalue weighted by Gasteiger charge is -2.11. The third-order valence-corrected chi connectivity index (χ3v) is 5.19. The van der Waals surface area contributed by atoms with Crippen LogP contribution in [0.15, 0.2) is 17.5 Å². The predicted molar refractivity (Wildman–Crippen MR) is 70.8 cm³/mol. The Morgan fingerprint density at radius 3 is 3.06 bits per heavy atom. The molecule has 1 fully saturated rings. The smallest absolute Gasteiger partial charge is 0.212 e. The van der Waals surface area contributed by atoms with E-state index in [9.17, 15) is 8.42 Å². The summed E-state index contributed by atoms with van der Waals surface area (Å²) in [6, 6.07) is 4.23. The highest BCUT2D eigenvalue weighted by Gasteiger charge is 2.17. The van der Waals surface area contributed by atoms with Crippen LogP contribution in [0.1, 0.15) is 17.7 Å². The Labute approximate surface area is 106 Å². The molecule has 0 aromatic carbocycles. The minimum absolute atomic E-state index is 0.181. The number of rotatable bonds is 6. The molecule has 1 aromatic heterocycles. The van der Waals surface area contributed by atoms with Crippen LogP contribution in [0.2, 0.25) is 0 Å². The topological polar surface area (TPSA) is 58.2 Å². The van der Waals surface area contributed by atoms with Gasteiger partial charge in [0.25, 0.3) is 0 Å². The van der Waals surface area contributed by atoms with Gasteiger partial charge in [0.1, 0.15) is 0 Å². The van der Waals surface area contributed by atoms with Crippen molar-refractivity contribution in [2.75, 3.05) is 18.8 Å². The molecule has 1 aliphatic heterocycles. The van der Waals surface area contributed by atoms with E-state index in [1.165, 1.54) is 0 Å². The molecule has 2 rings (SSSR count). The summed E-state index contributed by atoms with van der Waals surface area (Å²) in [6.45, 7) is 1.52. The van der Waals surface area contributed by atoms with Crippen molar-refractivity contribution in [1.82, 2.24) is 10.0 Å². The van der Waals surface area contributed by atoms with Gasteiger partial charge in [-0.3, -0.25) is 0 Å². The van der Waals surface area contributed by atoms with Crippen molar-refractivity contribution < 1.29 is 8.42 Å². The SMILES string of the molecule is O=S(=O)(CCc1cccs1)NCC1CCCN1. The molecule has 1 unspecified atom stereocenters. The van der Waals surface area contributed by atoms with Gasteiger partial charge in [0, 0.05) is 17.5 Å². The molecule has 6 heteroatoms. The van der Waals surface area contributed by atoms with Crippen molar-refractivity contribution in [3.8, 4) is 0 Å². The van der Waals surface area contributed by atoms with Gasteiger partial charge in [-0.15, -0.1) is 11.3 Å². The van der Waals surface area contributed by atoms with Gasteiger partial charge in [-0.25, -0.2) is 13.1 Å². The van der Waals surface area contributed by atoms with E-state index in [2.05, 4.69) is 10.0 Å². The highest BCUT2D eigenvalue weighted by molar-refractivity contribution is 7.89. The fourth-order valence-corrected chi connectivity index (χ4v) is 3.85. The molecule has 0 spiro atoms. The molecule has 0 saturated carbocycles. The monoisotopic (exact) mass is 274 g/mol. The Balaban J connectivity index is 1.74. The minimum Gasteiger partial charge on any atom is -0.313 e. The highest BCUT2D eigenvalue weighted by Crippen LogP contribution is 2.10. The average molecular weight is 274 g/mol. The molecule has 0 bridgehead atoms. The zero-order chi connectivity index (χ0) is 12.1. The maximum atomic E-state index is 11.7. The zero-order valence-electron chi connectivity index (χ0n) is 9.69. The first-order valence-electron chi connectivity index (χ1n) is 5.89. The van der Waals surface area contributed by atoms with Crippen LogP contribution in [-0.4, -0.2) is 33.3 Å². The molecule has 1 aromatic rings. The maximum absolute atomic E-state index is 11.7. The molecule has 0 amide bonds. The van der Waals surface area contributed by atoms with Gasteiger partial charge in [-0.1, -0.05) is 6.07 Å². The predicted octanol–water partition coefficient (Wildman–Crippen LogP) is 0.962. The number of hydrogen-bond acceptors (Lipinski definition) is 4. The van der Waals surface area contributed by atoms with Crippen LogP contribution in [0.3, 0.4) is 0 Å². The second kappa shape index (κ2) is 5.95. The van der Waals surface area contributed by atoms with E-state index >= 15 is 0 Å². The molecule has 2 N–H and O–H groups in total. The van der Waals surface area contributed by atoms with Crippen LogP contribution in [-0.2, 0) is 16.4 Å². The van der Waals surface area contributed by atoms with Crippen molar-refractivity contribution >= 4 is 21.4 Å². The number of thiophene rings is 1. The number of nitrogens with one attached hydrogen (secondary N) is 2. The van der Waals surface area contributed by atoms with Gasteiger partial charge < -0.3 is 5.32 Å². The average Bonchev–Trinajstić information content (AvgIpc) is 2.97. The van der Waals surface area contributed by atoms with Gasteiger partial charge in [0.2, 0.25) is 10.0 Å². The standard InChI is InChI=1S/C11H18N2O2S2/c14-17(15,8-5-11-4-2-7-16-11)13-9-10-3-1-6-12-10/h2,4,7,10,12-13H,1,3,5-6,8-9H2. The van der Waals surface area contributed by atoms with E-state index in [0.29, 0.717) is 19.0 Å². The number of aryl methyl sites for hydroxylation is 1. The summed E-state index contributed by atoms with van der Waals surface area (Å²) in [6.07, 6.45) is 2.81. The molecule has 1 saturated heterocycles. The third kappa shape index (κ3) is 4.39. The van der Waals surface area contributed by atoms with Crippen molar-refractivity contribution in [3.63, 3.8) is 0 Å². The number of sulfonamides is 1. The first-order chi connectivity index (χ1) is 8.16. The van der Waals surface area contributed by atoms with Crippen molar-refractivity contribution in [2.45, 2.75) is 25.3 Å². The fraction of sp³-hybridized carbons (Fsp3) is 0.636. The summed E-state index contributed by atoms with van der Waals surface area (Å²) in [5.41, 5.74) is 0. The van der Waals surface area contributed by atoms with Crippen LogP contribution in [0.25, 0.3) is 0 Å². The van der Waals surface area contributed by atoms with Crippen LogP contribution < -0.4 is 10.0 Å². The second-order valence-electron chi connectivity index (χ2n) is 4.29. The molecule has 0 radical (unpaired) electrons. The summed E-state index contributed by atoms with van der Waals surface area (Å²) >= 11 is 1.60. The summed E-state index contributed by atoms with van der Waals surface area (Å²) < 4.78 is 26.2. The summed E-state index contributed by atoms with van der Waals surface area (Å²) in [5.74, 6) is 0.181. The van der Waals surface area contributed by atoms with Crippen LogP contribution >= 0.6 is 11.3 Å². The summed E-state index contributed by atoms with van der Waals surface area (Å²) in [4.78, 5) is 1.12. The quantitative estimate of drug-likeness (QED) is 0.812. The molecule has 2 heterocycles. The Hall–Kier alpha value is -0.430. The van der Waals surface area contributed by atoms with Crippen molar-refractivity contribution in [2.24, 2.45) is 0 Å². The lowest BCUT2D eigenvalue weighted by Crippen LogP contribution is -2.38. The van der Waals surface area contributed by atoms with E-state index in [0.717, 1.165) is 24.3 Å². The number of hydrogen-bond donors (Lipinski definition) is 2. The summed E-state index contributed by atoms with van der Waals surface area (Å²) in [7, 11) is -3.13. The normalized spacial score (nSPS) is 20.8. The van der Waals surface area contributed by atoms with Crippen LogP contribution in [0, 0.1) is 0 Å². The lowest BCUT2D eigenvalue weighted by atomic mass is 10.2. The fourth-order valence-electron chi connectivity index (χ4n) is 1.92. The zero-order valence-corrected chi connectivity index (χ0v) is 11.3. The largest absolute Gasteiger partial charge is 0.313 e. The van der Waals surface area contributed by atoms with E-state index in [-0.39, 0.29) is 5.75 Å².